The van der Waals surface area contributed by atoms with E-state index in [1.807, 2.05) is 32.0 Å². The number of nitrogens with zero attached hydrogens (tertiary/aromatic N) is 1. The van der Waals surface area contributed by atoms with Crippen molar-refractivity contribution in [3.05, 3.63) is 23.8 Å². The summed E-state index contributed by atoms with van der Waals surface area (Å²) in [6.07, 6.45) is -0.454. The lowest BCUT2D eigenvalue weighted by Gasteiger charge is -2.35. The summed E-state index contributed by atoms with van der Waals surface area (Å²) in [7, 11) is 1.62. The van der Waals surface area contributed by atoms with Crippen LogP contribution in [-0.2, 0) is 0 Å². The first-order chi connectivity index (χ1) is 10.5. The molecule has 2 atom stereocenters. The van der Waals surface area contributed by atoms with Crippen LogP contribution in [0.2, 0.25) is 0 Å². The van der Waals surface area contributed by atoms with Crippen molar-refractivity contribution in [2.24, 2.45) is 0 Å². The van der Waals surface area contributed by atoms with Gasteiger partial charge >= 0.3 is 0 Å². The summed E-state index contributed by atoms with van der Waals surface area (Å²) in [6.45, 7) is 9.90. The Morgan fingerprint density at radius 3 is 2.41 bits per heavy atom. The topological polar surface area (TPSA) is 54.0 Å². The lowest BCUT2D eigenvalue weighted by atomic mass is 10.0. The number of piperazine rings is 1. The summed E-state index contributed by atoms with van der Waals surface area (Å²) < 4.78 is 11.1. The zero-order chi connectivity index (χ0) is 16.1. The van der Waals surface area contributed by atoms with Gasteiger partial charge in [0.1, 0.15) is 0 Å². The van der Waals surface area contributed by atoms with Crippen molar-refractivity contribution in [2.75, 3.05) is 33.3 Å². The largest absolute Gasteiger partial charge is 0.493 e. The van der Waals surface area contributed by atoms with Gasteiger partial charge in [0.15, 0.2) is 11.5 Å². The SMILES string of the molecule is COc1cc(C(O)C(C)N2CCNCC2)ccc1OC(C)C. The number of hydrogen-bond acceptors (Lipinski definition) is 5. The first kappa shape index (κ1) is 17.1. The standard InChI is InChI=1S/C17H28N2O3/c1-12(2)22-15-6-5-14(11-16(15)21-4)17(20)13(3)19-9-7-18-8-10-19/h5-6,11-13,17-18,20H,7-10H2,1-4H3. The van der Waals surface area contributed by atoms with Gasteiger partial charge in [0.25, 0.3) is 0 Å². The number of hydrogen-bond donors (Lipinski definition) is 2. The van der Waals surface area contributed by atoms with Gasteiger partial charge in [0, 0.05) is 32.2 Å². The van der Waals surface area contributed by atoms with Crippen molar-refractivity contribution in [3.63, 3.8) is 0 Å². The maximum absolute atomic E-state index is 10.7. The Labute approximate surface area is 133 Å². The Kier molecular flexibility index (Phi) is 6.06. The summed E-state index contributed by atoms with van der Waals surface area (Å²) in [5.74, 6) is 1.38. The molecule has 1 heterocycles. The van der Waals surface area contributed by atoms with Gasteiger partial charge < -0.3 is 19.9 Å². The number of benzene rings is 1. The highest BCUT2D eigenvalue weighted by molar-refractivity contribution is 5.44. The van der Waals surface area contributed by atoms with E-state index < -0.39 is 6.10 Å². The van der Waals surface area contributed by atoms with Crippen LogP contribution in [-0.4, -0.2) is 55.4 Å². The quantitative estimate of drug-likeness (QED) is 0.839. The summed E-state index contributed by atoms with van der Waals surface area (Å²) in [6, 6.07) is 5.75. The highest BCUT2D eigenvalue weighted by Gasteiger charge is 2.25. The normalized spacial score (nSPS) is 19.0. The molecule has 1 saturated heterocycles. The molecule has 0 radical (unpaired) electrons. The van der Waals surface area contributed by atoms with Gasteiger partial charge in [-0.05, 0) is 38.5 Å². The minimum Gasteiger partial charge on any atom is -0.493 e. The summed E-state index contributed by atoms with van der Waals surface area (Å²) in [5, 5.41) is 14.0. The van der Waals surface area contributed by atoms with Crippen LogP contribution < -0.4 is 14.8 Å². The highest BCUT2D eigenvalue weighted by atomic mass is 16.5. The first-order valence-corrected chi connectivity index (χ1v) is 8.00. The van der Waals surface area contributed by atoms with Gasteiger partial charge in [0.2, 0.25) is 0 Å². The molecular formula is C17H28N2O3. The smallest absolute Gasteiger partial charge is 0.161 e. The number of ether oxygens (including phenoxy) is 2. The van der Waals surface area contributed by atoms with E-state index in [1.165, 1.54) is 0 Å². The number of aliphatic hydroxyl groups excluding tert-OH is 1. The molecule has 5 heteroatoms. The monoisotopic (exact) mass is 308 g/mol. The van der Waals surface area contributed by atoms with E-state index in [-0.39, 0.29) is 12.1 Å². The third-order valence-corrected chi connectivity index (χ3v) is 4.08. The van der Waals surface area contributed by atoms with E-state index in [2.05, 4.69) is 17.1 Å². The predicted octanol–water partition coefficient (Wildman–Crippen LogP) is 1.81. The maximum Gasteiger partial charge on any atom is 0.161 e. The molecule has 2 rings (SSSR count). The first-order valence-electron chi connectivity index (χ1n) is 8.00. The van der Waals surface area contributed by atoms with Crippen LogP contribution in [0, 0.1) is 0 Å². The van der Waals surface area contributed by atoms with Gasteiger partial charge in [0.05, 0.1) is 19.3 Å². The minimum atomic E-state index is -0.542. The number of rotatable bonds is 6. The maximum atomic E-state index is 10.7. The van der Waals surface area contributed by atoms with E-state index in [4.69, 9.17) is 9.47 Å². The van der Waals surface area contributed by atoms with Crippen LogP contribution in [0.4, 0.5) is 0 Å². The van der Waals surface area contributed by atoms with Crippen molar-refractivity contribution in [2.45, 2.75) is 39.0 Å². The fourth-order valence-electron chi connectivity index (χ4n) is 2.79. The molecule has 1 fully saturated rings. The third-order valence-electron chi connectivity index (χ3n) is 4.08. The Morgan fingerprint density at radius 1 is 1.14 bits per heavy atom. The average molecular weight is 308 g/mol. The summed E-state index contributed by atoms with van der Waals surface area (Å²) in [4.78, 5) is 2.31. The van der Waals surface area contributed by atoms with Crippen LogP contribution in [0.3, 0.4) is 0 Å². The molecule has 1 aromatic carbocycles. The molecule has 0 bridgehead atoms. The number of aliphatic hydroxyl groups is 1. The molecule has 5 nitrogen and oxygen atoms in total. The second-order valence-corrected chi connectivity index (χ2v) is 6.05. The average Bonchev–Trinajstić information content (AvgIpc) is 2.54. The molecular weight excluding hydrogens is 280 g/mol. The van der Waals surface area contributed by atoms with E-state index in [0.29, 0.717) is 11.5 Å². The molecule has 0 aliphatic carbocycles. The fourth-order valence-corrected chi connectivity index (χ4v) is 2.79. The van der Waals surface area contributed by atoms with Crippen molar-refractivity contribution in [3.8, 4) is 11.5 Å². The van der Waals surface area contributed by atoms with E-state index in [9.17, 15) is 5.11 Å². The van der Waals surface area contributed by atoms with E-state index in [1.54, 1.807) is 7.11 Å². The van der Waals surface area contributed by atoms with Crippen LogP contribution in [0.15, 0.2) is 18.2 Å². The molecule has 2 unspecified atom stereocenters. The summed E-state index contributed by atoms with van der Waals surface area (Å²) in [5.41, 5.74) is 0.860. The van der Waals surface area contributed by atoms with Crippen molar-refractivity contribution >= 4 is 0 Å². The molecule has 1 aromatic rings. The second-order valence-electron chi connectivity index (χ2n) is 6.05. The predicted molar refractivity (Wildman–Crippen MR) is 87.6 cm³/mol. The molecule has 0 spiro atoms. The minimum absolute atomic E-state index is 0.0728. The number of methoxy groups -OCH3 is 1. The number of nitrogens with one attached hydrogen (secondary N) is 1. The second kappa shape index (κ2) is 7.81. The van der Waals surface area contributed by atoms with Crippen molar-refractivity contribution in [1.29, 1.82) is 0 Å². The van der Waals surface area contributed by atoms with Crippen molar-refractivity contribution in [1.82, 2.24) is 10.2 Å². The Morgan fingerprint density at radius 2 is 1.82 bits per heavy atom. The Balaban J connectivity index is 2.13. The zero-order valence-corrected chi connectivity index (χ0v) is 14.0. The molecule has 0 aromatic heterocycles. The Hall–Kier alpha value is -1.30. The van der Waals surface area contributed by atoms with E-state index >= 15 is 0 Å². The molecule has 0 saturated carbocycles. The van der Waals surface area contributed by atoms with Gasteiger partial charge in [-0.3, -0.25) is 4.90 Å². The molecule has 1 aliphatic heterocycles. The van der Waals surface area contributed by atoms with Gasteiger partial charge in [-0.2, -0.15) is 0 Å². The Bertz CT molecular complexity index is 473. The highest BCUT2D eigenvalue weighted by Crippen LogP contribution is 2.32. The molecule has 124 valence electrons. The lowest BCUT2D eigenvalue weighted by Crippen LogP contribution is -2.49. The fraction of sp³-hybridized carbons (Fsp3) is 0.647. The lowest BCUT2D eigenvalue weighted by molar-refractivity contribution is 0.0508. The van der Waals surface area contributed by atoms with Crippen LogP contribution in [0.25, 0.3) is 0 Å². The van der Waals surface area contributed by atoms with Gasteiger partial charge in [-0.25, -0.2) is 0 Å². The van der Waals surface area contributed by atoms with Crippen LogP contribution in [0.5, 0.6) is 11.5 Å². The van der Waals surface area contributed by atoms with Crippen LogP contribution in [0.1, 0.15) is 32.4 Å². The van der Waals surface area contributed by atoms with Crippen LogP contribution >= 0.6 is 0 Å². The third kappa shape index (κ3) is 4.12. The zero-order valence-electron chi connectivity index (χ0n) is 14.0. The van der Waals surface area contributed by atoms with Gasteiger partial charge in [-0.1, -0.05) is 6.07 Å². The molecule has 2 N–H and O–H groups in total. The van der Waals surface area contributed by atoms with E-state index in [0.717, 1.165) is 31.7 Å². The van der Waals surface area contributed by atoms with Gasteiger partial charge in [-0.15, -0.1) is 0 Å². The van der Waals surface area contributed by atoms with Crippen molar-refractivity contribution < 1.29 is 14.6 Å². The molecule has 22 heavy (non-hydrogen) atoms. The molecule has 0 amide bonds. The molecule has 1 aliphatic rings. The summed E-state index contributed by atoms with van der Waals surface area (Å²) >= 11 is 0.